The Labute approximate surface area is 195 Å². The number of hydrogen-bond acceptors (Lipinski definition) is 4. The van der Waals surface area contributed by atoms with Gasteiger partial charge >= 0.3 is 5.97 Å². The van der Waals surface area contributed by atoms with E-state index in [1.54, 1.807) is 4.90 Å². The van der Waals surface area contributed by atoms with Crippen LogP contribution < -0.4 is 10.1 Å². The Morgan fingerprint density at radius 3 is 2.47 bits per heavy atom. The number of aryl methyl sites for hydroxylation is 1. The van der Waals surface area contributed by atoms with Gasteiger partial charge in [0.05, 0.1) is 18.2 Å². The van der Waals surface area contributed by atoms with Gasteiger partial charge in [0.15, 0.2) is 17.4 Å². The van der Waals surface area contributed by atoms with E-state index in [0.717, 1.165) is 22.8 Å². The number of carboxylic acids is 1. The highest BCUT2D eigenvalue weighted by Crippen LogP contribution is 2.33. The maximum Gasteiger partial charge on any atom is 0.333 e. The average Bonchev–Trinajstić information content (AvgIpc) is 2.80. The summed E-state index contributed by atoms with van der Waals surface area (Å²) in [6.45, 7) is 2.35. The summed E-state index contributed by atoms with van der Waals surface area (Å²) in [5.41, 5.74) is 2.80. The molecule has 34 heavy (non-hydrogen) atoms. The third-order valence-electron chi connectivity index (χ3n) is 6.24. The first kappa shape index (κ1) is 23.8. The van der Waals surface area contributed by atoms with Gasteiger partial charge < -0.3 is 20.1 Å². The topological polar surface area (TPSA) is 78.9 Å². The van der Waals surface area contributed by atoms with Gasteiger partial charge in [-0.05, 0) is 48.1 Å². The predicted molar refractivity (Wildman–Crippen MR) is 119 cm³/mol. The second-order valence-corrected chi connectivity index (χ2v) is 8.56. The first-order chi connectivity index (χ1) is 16.2. The van der Waals surface area contributed by atoms with Crippen molar-refractivity contribution >= 4 is 17.4 Å². The van der Waals surface area contributed by atoms with Crippen molar-refractivity contribution < 1.29 is 32.6 Å². The van der Waals surface area contributed by atoms with Crippen LogP contribution in [0.4, 0.5) is 13.2 Å². The molecule has 2 N–H and O–H groups in total. The SMILES string of the molecule is CC(=O)N1C[C@H]2CC(c3ccc(CCCOc4c(F)ccc(F)c4F)cc3)=C(C(=O)O)[C@@H](C1)N2. The number of aliphatic carboxylic acids is 1. The largest absolute Gasteiger partial charge is 0.488 e. The summed E-state index contributed by atoms with van der Waals surface area (Å²) in [4.78, 5) is 25.5. The summed E-state index contributed by atoms with van der Waals surface area (Å²) < 4.78 is 45.6. The number of hydrogen-bond donors (Lipinski definition) is 2. The van der Waals surface area contributed by atoms with Crippen molar-refractivity contribution in [2.75, 3.05) is 19.7 Å². The smallest absolute Gasteiger partial charge is 0.333 e. The van der Waals surface area contributed by atoms with Crippen LogP contribution in [0.1, 0.15) is 30.9 Å². The van der Waals surface area contributed by atoms with Crippen molar-refractivity contribution in [3.05, 3.63) is 70.5 Å². The van der Waals surface area contributed by atoms with E-state index in [4.69, 9.17) is 4.74 Å². The molecule has 6 nitrogen and oxygen atoms in total. The quantitative estimate of drug-likeness (QED) is 0.474. The predicted octanol–water partition coefficient (Wildman–Crippen LogP) is 3.55. The fourth-order valence-electron chi connectivity index (χ4n) is 4.59. The molecule has 1 saturated heterocycles. The summed E-state index contributed by atoms with van der Waals surface area (Å²) in [6.07, 6.45) is 1.51. The molecule has 0 radical (unpaired) electrons. The van der Waals surface area contributed by atoms with Crippen LogP contribution in [0.5, 0.6) is 5.75 Å². The Bertz CT molecular complexity index is 1130. The number of rotatable bonds is 7. The van der Waals surface area contributed by atoms with Crippen LogP contribution in [0, 0.1) is 17.5 Å². The molecule has 2 aliphatic rings. The van der Waals surface area contributed by atoms with E-state index in [9.17, 15) is 27.9 Å². The number of benzene rings is 2. The molecule has 0 spiro atoms. The second-order valence-electron chi connectivity index (χ2n) is 8.56. The number of carbonyl (C=O) groups excluding carboxylic acids is 1. The zero-order valence-corrected chi connectivity index (χ0v) is 18.6. The molecule has 2 heterocycles. The highest BCUT2D eigenvalue weighted by Gasteiger charge is 2.39. The standard InChI is InChI=1S/C25H25F3N2O4/c1-14(31)30-12-17-11-18(22(25(32)33)21(13-30)29-17)16-6-4-15(5-7-16)3-2-10-34-24-20(27)9-8-19(26)23(24)28/h4-9,17,21,29H,2-3,10-13H2,1H3,(H,32,33)/t17-,21-/m1/s1. The van der Waals surface area contributed by atoms with Crippen LogP contribution in [0.3, 0.4) is 0 Å². The zero-order valence-electron chi connectivity index (χ0n) is 18.6. The van der Waals surface area contributed by atoms with Gasteiger partial charge in [-0.15, -0.1) is 0 Å². The molecular weight excluding hydrogens is 449 g/mol. The number of piperazine rings is 1. The highest BCUT2D eigenvalue weighted by atomic mass is 19.2. The lowest BCUT2D eigenvalue weighted by molar-refractivity contribution is -0.135. The van der Waals surface area contributed by atoms with Crippen LogP contribution >= 0.6 is 0 Å². The molecule has 1 fully saturated rings. The van der Waals surface area contributed by atoms with Crippen LogP contribution in [0.25, 0.3) is 5.57 Å². The number of nitrogens with one attached hydrogen (secondary N) is 1. The van der Waals surface area contributed by atoms with Gasteiger partial charge in [0, 0.05) is 26.1 Å². The molecule has 9 heteroatoms. The number of nitrogens with zero attached hydrogens (tertiary/aromatic N) is 1. The van der Waals surface area contributed by atoms with Crippen LogP contribution in [-0.4, -0.2) is 53.7 Å². The van der Waals surface area contributed by atoms with Crippen molar-refractivity contribution in [1.82, 2.24) is 10.2 Å². The molecule has 2 aromatic rings. The van der Waals surface area contributed by atoms with Crippen molar-refractivity contribution in [3.8, 4) is 5.75 Å². The Kier molecular flexibility index (Phi) is 6.92. The van der Waals surface area contributed by atoms with E-state index in [1.165, 1.54) is 6.92 Å². The van der Waals surface area contributed by atoms with Crippen molar-refractivity contribution in [2.24, 2.45) is 0 Å². The summed E-state index contributed by atoms with van der Waals surface area (Å²) in [6, 6.07) is 8.58. The van der Waals surface area contributed by atoms with E-state index in [-0.39, 0.29) is 24.1 Å². The van der Waals surface area contributed by atoms with Gasteiger partial charge in [-0.2, -0.15) is 4.39 Å². The van der Waals surface area contributed by atoms with E-state index in [2.05, 4.69) is 5.32 Å². The van der Waals surface area contributed by atoms with E-state index >= 15 is 0 Å². The lowest BCUT2D eigenvalue weighted by atomic mass is 9.83. The number of fused-ring (bicyclic) bond motifs is 2. The molecule has 0 aromatic heterocycles. The second kappa shape index (κ2) is 9.89. The van der Waals surface area contributed by atoms with E-state index in [1.807, 2.05) is 24.3 Å². The Morgan fingerprint density at radius 2 is 1.79 bits per heavy atom. The third kappa shape index (κ3) is 4.94. The van der Waals surface area contributed by atoms with Gasteiger partial charge in [-0.3, -0.25) is 4.79 Å². The molecular formula is C25H25F3N2O4. The zero-order chi connectivity index (χ0) is 24.4. The summed E-state index contributed by atoms with van der Waals surface area (Å²) in [5.74, 6) is -5.26. The number of ether oxygens (including phenoxy) is 1. The van der Waals surface area contributed by atoms with Crippen LogP contribution in [0.15, 0.2) is 42.0 Å². The summed E-state index contributed by atoms with van der Waals surface area (Å²) in [5, 5.41) is 13.2. The molecule has 0 saturated carbocycles. The van der Waals surface area contributed by atoms with Gasteiger partial charge in [-0.1, -0.05) is 24.3 Å². The lowest BCUT2D eigenvalue weighted by Gasteiger charge is -2.43. The minimum absolute atomic E-state index is 0.00897. The fourth-order valence-corrected chi connectivity index (χ4v) is 4.59. The fraction of sp³-hybridized carbons (Fsp3) is 0.360. The summed E-state index contributed by atoms with van der Waals surface area (Å²) >= 11 is 0. The molecule has 2 bridgehead atoms. The Balaban J connectivity index is 1.42. The monoisotopic (exact) mass is 474 g/mol. The molecule has 1 amide bonds. The molecule has 2 atom stereocenters. The van der Waals surface area contributed by atoms with Gasteiger partial charge in [0.2, 0.25) is 11.7 Å². The first-order valence-electron chi connectivity index (χ1n) is 11.1. The van der Waals surface area contributed by atoms with Gasteiger partial charge in [0.25, 0.3) is 0 Å². The minimum atomic E-state index is -1.34. The number of carbonyl (C=O) groups is 2. The van der Waals surface area contributed by atoms with E-state index < -0.39 is 35.2 Å². The number of amides is 1. The first-order valence-corrected chi connectivity index (χ1v) is 11.1. The van der Waals surface area contributed by atoms with Gasteiger partial charge in [-0.25, -0.2) is 13.6 Å². The number of carboxylic acid groups (broad SMARTS) is 1. The van der Waals surface area contributed by atoms with Crippen molar-refractivity contribution in [1.29, 1.82) is 0 Å². The molecule has 180 valence electrons. The molecule has 4 rings (SSSR count). The van der Waals surface area contributed by atoms with Crippen LogP contribution in [-0.2, 0) is 16.0 Å². The van der Waals surface area contributed by atoms with E-state index in [0.29, 0.717) is 38.4 Å². The average molecular weight is 474 g/mol. The van der Waals surface area contributed by atoms with Gasteiger partial charge in [0.1, 0.15) is 0 Å². The Morgan fingerprint density at radius 1 is 1.09 bits per heavy atom. The molecule has 0 unspecified atom stereocenters. The third-order valence-corrected chi connectivity index (χ3v) is 6.24. The summed E-state index contributed by atoms with van der Waals surface area (Å²) in [7, 11) is 0. The maximum absolute atomic E-state index is 13.7. The Hall–Kier alpha value is -3.33. The number of halogens is 3. The molecule has 2 aromatic carbocycles. The molecule has 2 aliphatic heterocycles. The normalized spacial score (nSPS) is 19.8. The lowest BCUT2D eigenvalue weighted by Crippen LogP contribution is -2.61. The van der Waals surface area contributed by atoms with Crippen molar-refractivity contribution in [2.45, 2.75) is 38.3 Å². The van der Waals surface area contributed by atoms with Crippen molar-refractivity contribution in [3.63, 3.8) is 0 Å². The maximum atomic E-state index is 13.7. The minimum Gasteiger partial charge on any atom is -0.488 e. The van der Waals surface area contributed by atoms with Crippen LogP contribution in [0.2, 0.25) is 0 Å². The molecule has 0 aliphatic carbocycles. The highest BCUT2D eigenvalue weighted by molar-refractivity contribution is 5.98.